The number of thiazole rings is 1. The first-order chi connectivity index (χ1) is 18.2. The van der Waals surface area contributed by atoms with Crippen molar-refractivity contribution < 1.29 is 29.0 Å². The maximum Gasteiger partial charge on any atom is 0.350 e. The van der Waals surface area contributed by atoms with Gasteiger partial charge in [-0.3, -0.25) is 14.5 Å². The second-order valence-electron chi connectivity index (χ2n) is 8.75. The Kier molecular flexibility index (Phi) is 7.82. The molecule has 3 aromatic rings. The number of nitrogens with zero attached hydrogens (tertiary/aromatic N) is 3. The molecule has 10 heteroatoms. The molecule has 9 nitrogen and oxygen atoms in total. The Balaban J connectivity index is 1.90. The Labute approximate surface area is 224 Å². The quantitative estimate of drug-likeness (QED) is 0.191. The molecule has 1 aromatic heterocycles. The van der Waals surface area contributed by atoms with Crippen LogP contribution in [-0.4, -0.2) is 55.1 Å². The highest BCUT2D eigenvalue weighted by atomic mass is 32.1. The van der Waals surface area contributed by atoms with Crippen LogP contribution in [0.15, 0.2) is 54.1 Å². The summed E-state index contributed by atoms with van der Waals surface area (Å²) in [6.45, 7) is 5.80. The molecule has 0 saturated carbocycles. The van der Waals surface area contributed by atoms with Crippen LogP contribution in [0.1, 0.15) is 46.4 Å². The topological polar surface area (TPSA) is 109 Å². The highest BCUT2D eigenvalue weighted by molar-refractivity contribution is 7.17. The molecule has 1 aliphatic heterocycles. The fourth-order valence-electron chi connectivity index (χ4n) is 4.23. The Morgan fingerprint density at radius 1 is 1.11 bits per heavy atom. The average molecular weight is 536 g/mol. The minimum Gasteiger partial charge on any atom is -0.507 e. The van der Waals surface area contributed by atoms with E-state index in [0.29, 0.717) is 29.2 Å². The maximum atomic E-state index is 13.4. The van der Waals surface area contributed by atoms with Crippen LogP contribution in [0.5, 0.6) is 5.75 Å². The largest absolute Gasteiger partial charge is 0.507 e. The number of amides is 1. The van der Waals surface area contributed by atoms with Crippen LogP contribution in [0.2, 0.25) is 0 Å². The van der Waals surface area contributed by atoms with E-state index in [0.717, 1.165) is 17.0 Å². The van der Waals surface area contributed by atoms with Gasteiger partial charge in [0.2, 0.25) is 0 Å². The fraction of sp³-hybridized carbons (Fsp3) is 0.286. The molecule has 1 unspecified atom stereocenters. The van der Waals surface area contributed by atoms with Crippen molar-refractivity contribution in [2.45, 2.75) is 26.8 Å². The van der Waals surface area contributed by atoms with Crippen LogP contribution in [0.3, 0.4) is 0 Å². The number of aromatic nitrogens is 1. The summed E-state index contributed by atoms with van der Waals surface area (Å²) in [7, 11) is 3.81. The number of aryl methyl sites for hydroxylation is 1. The van der Waals surface area contributed by atoms with E-state index in [9.17, 15) is 19.5 Å². The van der Waals surface area contributed by atoms with E-state index in [1.165, 1.54) is 4.90 Å². The van der Waals surface area contributed by atoms with Crippen molar-refractivity contribution in [3.63, 3.8) is 0 Å². The van der Waals surface area contributed by atoms with Gasteiger partial charge >= 0.3 is 11.9 Å². The Bertz CT molecular complexity index is 1410. The van der Waals surface area contributed by atoms with Gasteiger partial charge in [0.05, 0.1) is 30.5 Å². The fourth-order valence-corrected chi connectivity index (χ4v) is 5.21. The zero-order chi connectivity index (χ0) is 27.6. The van der Waals surface area contributed by atoms with Gasteiger partial charge in [0.25, 0.3) is 5.78 Å². The summed E-state index contributed by atoms with van der Waals surface area (Å²) in [5.41, 5.74) is 2.17. The van der Waals surface area contributed by atoms with E-state index in [-0.39, 0.29) is 27.9 Å². The summed E-state index contributed by atoms with van der Waals surface area (Å²) in [6.07, 6.45) is 0. The van der Waals surface area contributed by atoms with Gasteiger partial charge in [-0.15, -0.1) is 0 Å². The number of aliphatic hydroxyl groups excluding tert-OH is 1. The number of benzene rings is 2. The summed E-state index contributed by atoms with van der Waals surface area (Å²) >= 11 is 0.970. The molecule has 1 fully saturated rings. The molecule has 0 spiro atoms. The van der Waals surface area contributed by atoms with Gasteiger partial charge in [-0.2, -0.15) is 0 Å². The van der Waals surface area contributed by atoms with Gasteiger partial charge in [-0.1, -0.05) is 35.6 Å². The number of aliphatic hydroxyl groups is 1. The van der Waals surface area contributed by atoms with Gasteiger partial charge in [0.15, 0.2) is 5.13 Å². The van der Waals surface area contributed by atoms with Gasteiger partial charge in [0, 0.05) is 25.3 Å². The summed E-state index contributed by atoms with van der Waals surface area (Å²) < 4.78 is 10.7. The molecule has 1 saturated heterocycles. The van der Waals surface area contributed by atoms with Gasteiger partial charge < -0.3 is 19.5 Å². The van der Waals surface area contributed by atoms with Crippen molar-refractivity contribution in [2.24, 2.45) is 0 Å². The molecule has 2 heterocycles. The first-order valence-electron chi connectivity index (χ1n) is 12.1. The average Bonchev–Trinajstić information content (AvgIpc) is 3.41. The van der Waals surface area contributed by atoms with Crippen molar-refractivity contribution >= 4 is 45.6 Å². The highest BCUT2D eigenvalue weighted by Crippen LogP contribution is 2.44. The third-order valence-corrected chi connectivity index (χ3v) is 7.18. The Hall–Kier alpha value is -4.18. The van der Waals surface area contributed by atoms with Crippen LogP contribution >= 0.6 is 11.3 Å². The summed E-state index contributed by atoms with van der Waals surface area (Å²) in [5.74, 6) is -2.06. The monoisotopic (exact) mass is 535 g/mol. The van der Waals surface area contributed by atoms with E-state index >= 15 is 0 Å². The standard InChI is InChI=1S/C28H29N3O6S/c1-6-36-20-10-8-9-18(15-20)23(32)21-22(17-11-13-19(14-12-17)30(4)5)31(26(34)24(21)33)28-29-16(3)25(38-28)27(35)37-7-2/h8-15,22,32H,6-7H2,1-5H3/b23-21+. The molecule has 0 radical (unpaired) electrons. The number of ether oxygens (including phenoxy) is 2. The van der Waals surface area contributed by atoms with E-state index in [1.54, 1.807) is 50.2 Å². The first kappa shape index (κ1) is 26.9. The van der Waals surface area contributed by atoms with E-state index < -0.39 is 23.7 Å². The molecule has 0 aliphatic carbocycles. The van der Waals surface area contributed by atoms with Gasteiger partial charge in [-0.05, 0) is 50.6 Å². The predicted octanol–water partition coefficient (Wildman–Crippen LogP) is 4.72. The zero-order valence-corrected chi connectivity index (χ0v) is 22.7. The third kappa shape index (κ3) is 4.99. The predicted molar refractivity (Wildman–Crippen MR) is 146 cm³/mol. The van der Waals surface area contributed by atoms with Crippen molar-refractivity contribution in [1.82, 2.24) is 4.98 Å². The minimum absolute atomic E-state index is 0.0770. The first-order valence-corrected chi connectivity index (χ1v) is 13.0. The van der Waals surface area contributed by atoms with Crippen molar-refractivity contribution in [3.05, 3.63) is 75.8 Å². The number of Topliss-reactive ketones (excluding diaryl/α,β-unsaturated/α-hetero) is 1. The normalized spacial score (nSPS) is 16.6. The number of hydrogen-bond acceptors (Lipinski definition) is 9. The van der Waals surface area contributed by atoms with Gasteiger partial charge in [-0.25, -0.2) is 9.78 Å². The maximum absolute atomic E-state index is 13.4. The molecular weight excluding hydrogens is 506 g/mol. The second-order valence-corrected chi connectivity index (χ2v) is 9.72. The molecule has 1 N–H and O–H groups in total. The van der Waals surface area contributed by atoms with E-state index in [4.69, 9.17) is 9.47 Å². The number of carbonyl (C=O) groups is 3. The smallest absolute Gasteiger partial charge is 0.350 e. The van der Waals surface area contributed by atoms with Crippen LogP contribution < -0.4 is 14.5 Å². The molecule has 1 atom stereocenters. The molecule has 2 aromatic carbocycles. The number of ketones is 1. The molecule has 0 bridgehead atoms. The number of hydrogen-bond donors (Lipinski definition) is 1. The lowest BCUT2D eigenvalue weighted by molar-refractivity contribution is -0.132. The van der Waals surface area contributed by atoms with Crippen LogP contribution in [0, 0.1) is 6.92 Å². The van der Waals surface area contributed by atoms with Crippen LogP contribution in [0.25, 0.3) is 5.76 Å². The number of anilines is 2. The summed E-state index contributed by atoms with van der Waals surface area (Å²) in [4.78, 5) is 47.2. The zero-order valence-electron chi connectivity index (χ0n) is 21.8. The minimum atomic E-state index is -0.970. The Morgan fingerprint density at radius 2 is 1.82 bits per heavy atom. The van der Waals surface area contributed by atoms with Crippen LogP contribution in [0.4, 0.5) is 10.8 Å². The third-order valence-electron chi connectivity index (χ3n) is 6.04. The molecular formula is C28H29N3O6S. The van der Waals surface area contributed by atoms with Crippen molar-refractivity contribution in [1.29, 1.82) is 0 Å². The lowest BCUT2D eigenvalue weighted by Gasteiger charge is -2.23. The lowest BCUT2D eigenvalue weighted by Crippen LogP contribution is -2.29. The molecule has 1 aliphatic rings. The van der Waals surface area contributed by atoms with Gasteiger partial charge in [0.1, 0.15) is 16.4 Å². The summed E-state index contributed by atoms with van der Waals surface area (Å²) in [6, 6.07) is 13.1. The van der Waals surface area contributed by atoms with Crippen LogP contribution in [-0.2, 0) is 14.3 Å². The molecule has 1 amide bonds. The number of carbonyl (C=O) groups excluding carboxylic acids is 3. The highest BCUT2D eigenvalue weighted by Gasteiger charge is 2.48. The van der Waals surface area contributed by atoms with Crippen molar-refractivity contribution in [3.8, 4) is 5.75 Å². The molecule has 4 rings (SSSR count). The Morgan fingerprint density at radius 3 is 2.45 bits per heavy atom. The number of esters is 1. The molecule has 198 valence electrons. The summed E-state index contributed by atoms with van der Waals surface area (Å²) in [5, 5.41) is 11.5. The lowest BCUT2D eigenvalue weighted by atomic mass is 9.95. The van der Waals surface area contributed by atoms with E-state index in [2.05, 4.69) is 4.98 Å². The van der Waals surface area contributed by atoms with Crippen molar-refractivity contribution in [2.75, 3.05) is 37.1 Å². The number of rotatable bonds is 8. The molecule has 38 heavy (non-hydrogen) atoms. The SMILES string of the molecule is CCOC(=O)c1sc(N2C(=O)C(=O)/C(=C(/O)c3cccc(OCC)c3)C2c2ccc(N(C)C)cc2)nc1C. The van der Waals surface area contributed by atoms with E-state index in [1.807, 2.05) is 38.1 Å². The second kappa shape index (κ2) is 11.1.